The molecule has 0 aliphatic heterocycles. The van der Waals surface area contributed by atoms with Crippen LogP contribution >= 0.6 is 11.3 Å². The summed E-state index contributed by atoms with van der Waals surface area (Å²) in [5.74, 6) is -0.859. The second-order valence-corrected chi connectivity index (χ2v) is 8.34. The van der Waals surface area contributed by atoms with E-state index in [2.05, 4.69) is 15.6 Å². The number of carbonyl (C=O) groups excluding carboxylic acids is 2. The van der Waals surface area contributed by atoms with Crippen molar-refractivity contribution >= 4 is 46.6 Å². The molecule has 14 heteroatoms. The molecule has 0 atom stereocenters. The van der Waals surface area contributed by atoms with E-state index in [9.17, 15) is 32.8 Å². The fourth-order valence-corrected chi connectivity index (χ4v) is 4.10. The van der Waals surface area contributed by atoms with Gasteiger partial charge in [-0.05, 0) is 32.1 Å². The van der Waals surface area contributed by atoms with Gasteiger partial charge in [0.2, 0.25) is 5.91 Å². The molecule has 36 heavy (non-hydrogen) atoms. The number of thiazole rings is 1. The number of pyridine rings is 1. The number of likely N-dealkylation sites (N-methyl/N-ethyl adjacent to an activating group) is 1. The Labute approximate surface area is 208 Å². The first-order chi connectivity index (χ1) is 17.0. The minimum atomic E-state index is -4.65. The topological polar surface area (TPSA) is 132 Å². The van der Waals surface area contributed by atoms with E-state index in [0.717, 1.165) is 29.0 Å². The summed E-state index contributed by atoms with van der Waals surface area (Å²) in [5, 5.41) is 16.6. The monoisotopic (exact) mass is 525 g/mol. The molecule has 2 rings (SSSR count). The maximum Gasteiger partial charge on any atom is 0.405 e. The predicted octanol–water partition coefficient (Wildman–Crippen LogP) is 0.808. The van der Waals surface area contributed by atoms with Crippen LogP contribution < -0.4 is 30.7 Å². The predicted molar refractivity (Wildman–Crippen MR) is 130 cm³/mol. The van der Waals surface area contributed by atoms with E-state index in [-0.39, 0.29) is 28.2 Å². The van der Waals surface area contributed by atoms with Crippen LogP contribution in [0.4, 0.5) is 24.8 Å². The van der Waals surface area contributed by atoms with Crippen LogP contribution in [0.15, 0.2) is 23.0 Å². The van der Waals surface area contributed by atoms with E-state index in [1.165, 1.54) is 6.20 Å². The highest BCUT2D eigenvalue weighted by atomic mass is 32.1. The summed E-state index contributed by atoms with van der Waals surface area (Å²) in [5.41, 5.74) is -1.14. The van der Waals surface area contributed by atoms with Gasteiger partial charge in [0.05, 0.1) is 6.54 Å². The third-order valence-electron chi connectivity index (χ3n) is 4.86. The number of rotatable bonds is 10. The molecule has 10 nitrogen and oxygen atoms in total. The van der Waals surface area contributed by atoms with Gasteiger partial charge in [-0.1, -0.05) is 19.9 Å². The van der Waals surface area contributed by atoms with Crippen LogP contribution in [0.5, 0.6) is 0 Å². The second-order valence-electron chi connectivity index (χ2n) is 7.31. The molecule has 0 saturated carbocycles. The smallest absolute Gasteiger partial charge is 0.345 e. The minimum absolute atomic E-state index is 0.0666. The number of hydrogen-bond donors (Lipinski definition) is 3. The molecular weight excluding hydrogens is 499 g/mol. The summed E-state index contributed by atoms with van der Waals surface area (Å²) in [6.07, 6.45) is -3.33. The van der Waals surface area contributed by atoms with Crippen LogP contribution in [0.3, 0.4) is 0 Å². The summed E-state index contributed by atoms with van der Waals surface area (Å²) < 4.78 is 38.5. The van der Waals surface area contributed by atoms with Gasteiger partial charge >= 0.3 is 6.18 Å². The maximum absolute atomic E-state index is 12.8. The normalized spacial score (nSPS) is 12.8. The molecule has 0 spiro atoms. The number of nitrogens with one attached hydrogen (secondary N) is 3. The van der Waals surface area contributed by atoms with Crippen molar-refractivity contribution in [3.05, 3.63) is 37.7 Å². The Kier molecular flexibility index (Phi) is 10.2. The molecule has 2 amide bonds. The lowest BCUT2D eigenvalue weighted by molar-refractivity contribution is -0.135. The Morgan fingerprint density at radius 2 is 1.89 bits per heavy atom. The van der Waals surface area contributed by atoms with Crippen molar-refractivity contribution in [2.24, 2.45) is 0 Å². The van der Waals surface area contributed by atoms with Crippen LogP contribution in [0.2, 0.25) is 0 Å². The minimum Gasteiger partial charge on any atom is -0.345 e. The van der Waals surface area contributed by atoms with E-state index in [1.54, 1.807) is 36.5 Å². The van der Waals surface area contributed by atoms with Crippen LogP contribution in [-0.2, 0) is 16.1 Å². The summed E-state index contributed by atoms with van der Waals surface area (Å²) >= 11 is 0.779. The van der Waals surface area contributed by atoms with Gasteiger partial charge in [0.1, 0.15) is 33.4 Å². The third kappa shape index (κ3) is 7.92. The fraction of sp³-hybridized carbons (Fsp3) is 0.409. The SMILES string of the molecule is CCN(CC)CC(=O)Nc1cccc(NC=c2sc(=C(C#N)C(=O)NCC(F)(F)F)n(CC)c2=O)n1. The Morgan fingerprint density at radius 3 is 2.47 bits per heavy atom. The van der Waals surface area contributed by atoms with Crippen molar-refractivity contribution in [2.75, 3.05) is 36.8 Å². The molecule has 0 aromatic carbocycles. The lowest BCUT2D eigenvalue weighted by atomic mass is 10.3. The summed E-state index contributed by atoms with van der Waals surface area (Å²) in [6.45, 7) is 5.64. The van der Waals surface area contributed by atoms with Crippen LogP contribution in [0.25, 0.3) is 11.8 Å². The number of nitrogens with zero attached hydrogens (tertiary/aromatic N) is 4. The molecule has 0 fully saturated rings. The fourth-order valence-electron chi connectivity index (χ4n) is 3.01. The first-order valence-corrected chi connectivity index (χ1v) is 11.8. The third-order valence-corrected chi connectivity index (χ3v) is 5.99. The Bertz CT molecular complexity index is 1310. The van der Waals surface area contributed by atoms with E-state index in [0.29, 0.717) is 11.6 Å². The molecule has 3 N–H and O–H groups in total. The number of anilines is 2. The van der Waals surface area contributed by atoms with Crippen molar-refractivity contribution in [1.29, 1.82) is 5.26 Å². The largest absolute Gasteiger partial charge is 0.405 e. The highest BCUT2D eigenvalue weighted by molar-refractivity contribution is 7.07. The van der Waals surface area contributed by atoms with Crippen molar-refractivity contribution in [3.63, 3.8) is 0 Å². The van der Waals surface area contributed by atoms with E-state index in [1.807, 2.05) is 18.7 Å². The highest BCUT2D eigenvalue weighted by Gasteiger charge is 2.28. The first-order valence-electron chi connectivity index (χ1n) is 11.0. The standard InChI is InChI=1S/C22H26F3N7O3S/c1-4-31(5-2)12-18(33)30-17-9-7-8-16(29-17)27-11-15-20(35)32(6-3)21(36-15)14(10-26)19(34)28-13-22(23,24)25/h7-9,11H,4-6,12-13H2,1-3H3,(H,28,34)(H2,27,29,30,33). The average Bonchev–Trinajstić information content (AvgIpc) is 3.14. The summed E-state index contributed by atoms with van der Waals surface area (Å²) in [6, 6.07) is 6.44. The molecule has 0 bridgehead atoms. The van der Waals surface area contributed by atoms with Crippen molar-refractivity contribution in [1.82, 2.24) is 19.8 Å². The zero-order valence-corrected chi connectivity index (χ0v) is 20.7. The van der Waals surface area contributed by atoms with Gasteiger partial charge in [-0.25, -0.2) is 4.98 Å². The molecule has 2 aromatic heterocycles. The Balaban J connectivity index is 2.32. The Hall–Kier alpha value is -3.70. The number of nitriles is 1. The number of hydrogen-bond acceptors (Lipinski definition) is 8. The quantitative estimate of drug-likeness (QED) is 0.418. The molecule has 0 unspecified atom stereocenters. The van der Waals surface area contributed by atoms with Crippen LogP contribution in [0, 0.1) is 11.3 Å². The lowest BCUT2D eigenvalue weighted by Gasteiger charge is -2.17. The Morgan fingerprint density at radius 1 is 1.22 bits per heavy atom. The average molecular weight is 526 g/mol. The molecule has 0 saturated heterocycles. The van der Waals surface area contributed by atoms with Crippen molar-refractivity contribution < 1.29 is 22.8 Å². The van der Waals surface area contributed by atoms with Gasteiger partial charge in [0.25, 0.3) is 11.5 Å². The first kappa shape index (κ1) is 28.5. The second kappa shape index (κ2) is 12.8. The molecular formula is C22H26F3N7O3S. The van der Waals surface area contributed by atoms with Crippen molar-refractivity contribution in [2.45, 2.75) is 33.5 Å². The van der Waals surface area contributed by atoms with Gasteiger partial charge in [-0.3, -0.25) is 23.9 Å². The number of aromatic nitrogens is 2. The molecule has 0 aliphatic rings. The van der Waals surface area contributed by atoms with E-state index < -0.39 is 29.8 Å². The summed E-state index contributed by atoms with van der Waals surface area (Å²) in [7, 11) is 0. The maximum atomic E-state index is 12.8. The molecule has 194 valence electrons. The van der Waals surface area contributed by atoms with Gasteiger partial charge in [-0.15, -0.1) is 11.3 Å². The van der Waals surface area contributed by atoms with E-state index in [4.69, 9.17) is 0 Å². The van der Waals surface area contributed by atoms with Crippen LogP contribution in [-0.4, -0.2) is 58.6 Å². The van der Waals surface area contributed by atoms with Crippen molar-refractivity contribution in [3.8, 4) is 6.07 Å². The van der Waals surface area contributed by atoms with Gasteiger partial charge in [0.15, 0.2) is 5.57 Å². The number of amides is 2. The zero-order valence-electron chi connectivity index (χ0n) is 19.9. The molecule has 2 aromatic rings. The molecule has 2 heterocycles. The van der Waals surface area contributed by atoms with Gasteiger partial charge in [0, 0.05) is 12.7 Å². The highest BCUT2D eigenvalue weighted by Crippen LogP contribution is 2.12. The summed E-state index contributed by atoms with van der Waals surface area (Å²) in [4.78, 5) is 43.3. The van der Waals surface area contributed by atoms with E-state index >= 15 is 0 Å². The zero-order chi connectivity index (χ0) is 26.9. The van der Waals surface area contributed by atoms with Gasteiger partial charge < -0.3 is 16.0 Å². The molecule has 0 aliphatic carbocycles. The van der Waals surface area contributed by atoms with Crippen LogP contribution in [0.1, 0.15) is 20.8 Å². The lowest BCUT2D eigenvalue weighted by Crippen LogP contribution is -2.37. The number of alkyl halides is 3. The van der Waals surface area contributed by atoms with Gasteiger partial charge in [-0.2, -0.15) is 18.4 Å². The number of halogens is 3. The number of carbonyl (C=O) groups is 2. The molecule has 0 radical (unpaired) electrons.